The fourth-order valence-electron chi connectivity index (χ4n) is 10.8. The molecule has 2 heterocycles. The SMILES string of the molecule is CCCCCCCCCCCCCCCCOc1cc2nc3c4cc(C(C)(C)C)cc5c6nccnc6c6cc(C(C)(C)C)cc(c3nc2cc1OCCCCCCCCCCCCCCCC)c6c54. The van der Waals surface area contributed by atoms with Crippen molar-refractivity contribution in [3.63, 3.8) is 0 Å². The van der Waals surface area contributed by atoms with E-state index in [1.165, 1.54) is 189 Å². The molecule has 0 radical (unpaired) electrons. The summed E-state index contributed by atoms with van der Waals surface area (Å²) in [6, 6.07) is 13.7. The molecule has 0 aliphatic heterocycles. The maximum absolute atomic E-state index is 6.69. The van der Waals surface area contributed by atoms with Gasteiger partial charge in [-0.05, 0) is 59.1 Å². The smallest absolute Gasteiger partial charge is 0.163 e. The Morgan fingerprint density at radius 1 is 0.343 bits per heavy atom. The summed E-state index contributed by atoms with van der Waals surface area (Å²) in [4.78, 5) is 21.2. The number of unbranched alkanes of at least 4 members (excludes halogenated alkanes) is 26. The average Bonchev–Trinajstić information content (AvgIpc) is 3.34. The van der Waals surface area contributed by atoms with Crippen molar-refractivity contribution in [3.05, 3.63) is 59.9 Å². The molecule has 0 spiro atoms. The predicted octanol–water partition coefficient (Wildman–Crippen LogP) is 19.9. The minimum absolute atomic E-state index is 0.0948. The van der Waals surface area contributed by atoms with Crippen LogP contribution in [0.1, 0.15) is 246 Å². The van der Waals surface area contributed by atoms with Crippen molar-refractivity contribution >= 4 is 65.4 Å². The molecule has 0 aliphatic rings. The molecule has 0 saturated heterocycles. The second kappa shape index (κ2) is 26.4. The minimum atomic E-state index is -0.0948. The Morgan fingerprint density at radius 2 is 0.614 bits per heavy atom. The zero-order chi connectivity index (χ0) is 49.4. The largest absolute Gasteiger partial charge is 0.490 e. The first kappa shape index (κ1) is 53.5. The maximum atomic E-state index is 6.69. The summed E-state index contributed by atoms with van der Waals surface area (Å²) in [5, 5.41) is 6.86. The van der Waals surface area contributed by atoms with Crippen LogP contribution in [-0.2, 0) is 10.8 Å². The molecule has 5 aromatic carbocycles. The molecule has 0 atom stereocenters. The van der Waals surface area contributed by atoms with Crippen LogP contribution >= 0.6 is 0 Å². The topological polar surface area (TPSA) is 70.0 Å². The van der Waals surface area contributed by atoms with Gasteiger partial charge in [-0.25, -0.2) is 9.97 Å². The van der Waals surface area contributed by atoms with E-state index >= 15 is 0 Å². The summed E-state index contributed by atoms with van der Waals surface area (Å²) in [7, 11) is 0. The molecule has 0 N–H and O–H groups in total. The van der Waals surface area contributed by atoms with E-state index in [4.69, 9.17) is 29.4 Å². The van der Waals surface area contributed by atoms with E-state index in [9.17, 15) is 0 Å². The molecule has 70 heavy (non-hydrogen) atoms. The molecule has 6 heteroatoms. The van der Waals surface area contributed by atoms with Gasteiger partial charge in [0.25, 0.3) is 0 Å². The van der Waals surface area contributed by atoms with E-state index in [0.29, 0.717) is 13.2 Å². The molecule has 0 bridgehead atoms. The van der Waals surface area contributed by atoms with Crippen LogP contribution in [0.4, 0.5) is 0 Å². The number of fused-ring (bicyclic) bond motifs is 7. The highest BCUT2D eigenvalue weighted by Gasteiger charge is 2.26. The van der Waals surface area contributed by atoms with Crippen LogP contribution in [0.25, 0.3) is 65.4 Å². The molecule has 2 aromatic heterocycles. The van der Waals surface area contributed by atoms with Gasteiger partial charge in [0.2, 0.25) is 0 Å². The van der Waals surface area contributed by atoms with Crippen LogP contribution < -0.4 is 9.47 Å². The molecule has 6 nitrogen and oxygen atoms in total. The van der Waals surface area contributed by atoms with Gasteiger partial charge in [-0.2, -0.15) is 0 Å². The Morgan fingerprint density at radius 3 is 0.900 bits per heavy atom. The van der Waals surface area contributed by atoms with Gasteiger partial charge in [0.1, 0.15) is 0 Å². The molecule has 0 saturated carbocycles. The molecule has 7 aromatic rings. The van der Waals surface area contributed by atoms with Gasteiger partial charge in [0, 0.05) is 56.8 Å². The number of ether oxygens (including phenoxy) is 2. The third kappa shape index (κ3) is 14.2. The number of aromatic nitrogens is 4. The summed E-state index contributed by atoms with van der Waals surface area (Å²) < 4.78 is 13.4. The number of nitrogens with zero attached hydrogens (tertiary/aromatic N) is 4. The molecule has 7 rings (SSSR count). The highest BCUT2D eigenvalue weighted by molar-refractivity contribution is 6.38. The van der Waals surface area contributed by atoms with Crippen LogP contribution in [0.5, 0.6) is 11.5 Å². The molecule has 0 aliphatic carbocycles. The van der Waals surface area contributed by atoms with Crippen LogP contribution in [-0.4, -0.2) is 33.1 Å². The van der Waals surface area contributed by atoms with Gasteiger partial charge >= 0.3 is 0 Å². The number of rotatable bonds is 32. The number of hydrogen-bond donors (Lipinski definition) is 0. The summed E-state index contributed by atoms with van der Waals surface area (Å²) in [5.74, 6) is 1.56. The van der Waals surface area contributed by atoms with E-state index in [1.54, 1.807) is 0 Å². The van der Waals surface area contributed by atoms with Crippen molar-refractivity contribution < 1.29 is 9.47 Å². The molecular weight excluding hydrogens is 857 g/mol. The lowest BCUT2D eigenvalue weighted by Gasteiger charge is -2.25. The molecule has 0 amide bonds. The van der Waals surface area contributed by atoms with Crippen molar-refractivity contribution in [3.8, 4) is 11.5 Å². The summed E-state index contributed by atoms with van der Waals surface area (Å²) in [6.07, 6.45) is 41.2. The van der Waals surface area contributed by atoms with Crippen LogP contribution in [0.15, 0.2) is 48.8 Å². The predicted molar refractivity (Wildman–Crippen MR) is 303 cm³/mol. The molecular formula is C64H92N4O2. The van der Waals surface area contributed by atoms with E-state index in [0.717, 1.165) is 79.0 Å². The van der Waals surface area contributed by atoms with Gasteiger partial charge in [-0.3, -0.25) is 9.97 Å². The van der Waals surface area contributed by atoms with Crippen molar-refractivity contribution in [1.29, 1.82) is 0 Å². The zero-order valence-electron chi connectivity index (χ0n) is 45.4. The van der Waals surface area contributed by atoms with Gasteiger partial charge in [0.05, 0.1) is 46.3 Å². The van der Waals surface area contributed by atoms with E-state index < -0.39 is 0 Å². The van der Waals surface area contributed by atoms with E-state index in [1.807, 2.05) is 12.4 Å². The number of benzene rings is 5. The Labute approximate surface area is 423 Å². The Bertz CT molecular complexity index is 2510. The van der Waals surface area contributed by atoms with Crippen molar-refractivity contribution in [2.24, 2.45) is 0 Å². The molecule has 380 valence electrons. The third-order valence-electron chi connectivity index (χ3n) is 15.2. The maximum Gasteiger partial charge on any atom is 0.163 e. The Kier molecular flexibility index (Phi) is 20.2. The zero-order valence-corrected chi connectivity index (χ0v) is 45.4. The second-order valence-electron chi connectivity index (χ2n) is 23.2. The van der Waals surface area contributed by atoms with Crippen molar-refractivity contribution in [2.45, 2.75) is 246 Å². The van der Waals surface area contributed by atoms with Gasteiger partial charge in [-0.1, -0.05) is 222 Å². The van der Waals surface area contributed by atoms with Gasteiger partial charge < -0.3 is 9.47 Å². The Hall–Kier alpha value is -4.32. The highest BCUT2D eigenvalue weighted by atomic mass is 16.5. The quantitative estimate of drug-likeness (QED) is 0.0238. The first-order valence-electron chi connectivity index (χ1n) is 28.8. The monoisotopic (exact) mass is 949 g/mol. The molecule has 0 unspecified atom stereocenters. The summed E-state index contributed by atoms with van der Waals surface area (Å²) in [6.45, 7) is 19.7. The fraction of sp³-hybridized carbons (Fsp3) is 0.625. The van der Waals surface area contributed by atoms with E-state index in [2.05, 4.69) is 91.8 Å². The fourth-order valence-corrected chi connectivity index (χ4v) is 10.8. The normalized spacial score (nSPS) is 12.6. The van der Waals surface area contributed by atoms with Crippen LogP contribution in [0.3, 0.4) is 0 Å². The van der Waals surface area contributed by atoms with Crippen molar-refractivity contribution in [2.75, 3.05) is 13.2 Å². The molecule has 0 fully saturated rings. The van der Waals surface area contributed by atoms with Crippen LogP contribution in [0, 0.1) is 0 Å². The van der Waals surface area contributed by atoms with Gasteiger partial charge in [0.15, 0.2) is 11.5 Å². The summed E-state index contributed by atoms with van der Waals surface area (Å²) in [5.41, 5.74) is 7.67. The first-order valence-corrected chi connectivity index (χ1v) is 28.8. The summed E-state index contributed by atoms with van der Waals surface area (Å²) >= 11 is 0. The standard InChI is InChI=1S/C64H92N4O2/c1-9-11-13-15-17-19-21-23-25-27-29-31-33-35-39-69-55-45-53-54(46-56(55)70-40-36-34-32-30-28-26-24-22-20-18-16-14-12-10-2)68-62-52-44-48(64(6,7)8)42-50-58(52)57-49(59-60(50)66-38-37-65-59)41-47(63(3,4)5)43-51(57)61(62)67-53/h37-38,41-46H,9-36,39-40H2,1-8H3. The lowest BCUT2D eigenvalue weighted by molar-refractivity contribution is 0.259. The Balaban J connectivity index is 1.11. The number of hydrogen-bond acceptors (Lipinski definition) is 6. The average molecular weight is 949 g/mol. The lowest BCUT2D eigenvalue weighted by Crippen LogP contribution is -2.12. The first-order chi connectivity index (χ1) is 34.0. The second-order valence-corrected chi connectivity index (χ2v) is 23.2. The van der Waals surface area contributed by atoms with E-state index in [-0.39, 0.29) is 10.8 Å². The highest BCUT2D eigenvalue weighted by Crippen LogP contribution is 2.47. The lowest BCUT2D eigenvalue weighted by atomic mass is 9.80. The van der Waals surface area contributed by atoms with Crippen molar-refractivity contribution in [1.82, 2.24) is 19.9 Å². The minimum Gasteiger partial charge on any atom is -0.490 e. The van der Waals surface area contributed by atoms with Crippen LogP contribution in [0.2, 0.25) is 0 Å². The third-order valence-corrected chi connectivity index (χ3v) is 15.2. The van der Waals surface area contributed by atoms with Gasteiger partial charge in [-0.15, -0.1) is 0 Å².